The number of hydrogen-bond acceptors (Lipinski definition) is 2. The Kier molecular flexibility index (Phi) is 4.92. The molecule has 1 aromatic carbocycles. The first-order valence-corrected chi connectivity index (χ1v) is 8.54. The van der Waals surface area contributed by atoms with Crippen LogP contribution in [0.15, 0.2) is 18.2 Å². The topological polar surface area (TPSA) is 43.9 Å². The van der Waals surface area contributed by atoms with Gasteiger partial charge < -0.3 is 14.7 Å². The predicted octanol–water partition coefficient (Wildman–Crippen LogP) is 2.11. The molecule has 0 saturated carbocycles. The zero-order valence-corrected chi connectivity index (χ0v) is 14.5. The fourth-order valence-corrected chi connectivity index (χ4v) is 3.76. The average Bonchev–Trinajstić information content (AvgIpc) is 2.88. The molecule has 0 spiro atoms. The van der Waals surface area contributed by atoms with E-state index in [1.165, 1.54) is 6.07 Å². The summed E-state index contributed by atoms with van der Waals surface area (Å²) in [4.78, 5) is 30.1. The largest absolute Gasteiger partial charge is 0.337 e. The van der Waals surface area contributed by atoms with Gasteiger partial charge >= 0.3 is 6.03 Å². The van der Waals surface area contributed by atoms with E-state index in [4.69, 9.17) is 0 Å². The molecule has 0 radical (unpaired) electrons. The molecule has 3 aliphatic heterocycles. The molecule has 2 bridgehead atoms. The number of amides is 3. The molecule has 2 atom stereocenters. The van der Waals surface area contributed by atoms with Crippen molar-refractivity contribution in [3.63, 3.8) is 0 Å². The molecule has 3 fully saturated rings. The minimum absolute atomic E-state index is 0.0429. The van der Waals surface area contributed by atoms with Gasteiger partial charge in [0.25, 0.3) is 0 Å². The third-order valence-corrected chi connectivity index (χ3v) is 5.04. The van der Waals surface area contributed by atoms with E-state index in [1.807, 2.05) is 0 Å². The molecule has 5 nitrogen and oxygen atoms in total. The normalized spacial score (nSPS) is 22.7. The average molecular weight is 351 g/mol. The molecule has 0 N–H and O–H groups in total. The molecule has 0 aliphatic carbocycles. The van der Waals surface area contributed by atoms with Crippen LogP contribution in [-0.4, -0.2) is 66.4 Å². The second-order valence-electron chi connectivity index (χ2n) is 7.14. The maximum absolute atomic E-state index is 13.8. The van der Waals surface area contributed by atoms with Gasteiger partial charge in [-0.15, -0.1) is 0 Å². The van der Waals surface area contributed by atoms with Gasteiger partial charge in [0, 0.05) is 45.8 Å². The van der Waals surface area contributed by atoms with Crippen molar-refractivity contribution in [1.29, 1.82) is 0 Å². The maximum atomic E-state index is 13.8. The van der Waals surface area contributed by atoms with Crippen LogP contribution >= 0.6 is 0 Å². The van der Waals surface area contributed by atoms with Gasteiger partial charge in [0.2, 0.25) is 5.91 Å². The van der Waals surface area contributed by atoms with E-state index in [0.29, 0.717) is 19.6 Å². The van der Waals surface area contributed by atoms with Crippen LogP contribution in [0.5, 0.6) is 0 Å². The number of nitrogens with zero attached hydrogens (tertiary/aromatic N) is 3. The molecule has 136 valence electrons. The maximum Gasteiger partial charge on any atom is 0.319 e. The number of piperidine rings is 1. The molecule has 7 heteroatoms. The number of carbonyl (C=O) groups is 2. The van der Waals surface area contributed by atoms with Crippen molar-refractivity contribution in [1.82, 2.24) is 14.7 Å². The van der Waals surface area contributed by atoms with Crippen molar-refractivity contribution in [3.8, 4) is 0 Å². The first-order valence-electron chi connectivity index (χ1n) is 8.54. The molecule has 0 unspecified atom stereocenters. The summed E-state index contributed by atoms with van der Waals surface area (Å²) in [7, 11) is 3.44. The lowest BCUT2D eigenvalue weighted by Gasteiger charge is -2.36. The Morgan fingerprint density at radius 1 is 1.16 bits per heavy atom. The van der Waals surface area contributed by atoms with Crippen LogP contribution in [0.2, 0.25) is 0 Å². The third-order valence-electron chi connectivity index (χ3n) is 5.04. The highest BCUT2D eigenvalue weighted by Crippen LogP contribution is 2.29. The van der Waals surface area contributed by atoms with Crippen LogP contribution in [0, 0.1) is 17.6 Å². The van der Waals surface area contributed by atoms with Crippen LogP contribution in [-0.2, 0) is 11.2 Å². The van der Waals surface area contributed by atoms with E-state index >= 15 is 0 Å². The van der Waals surface area contributed by atoms with Crippen molar-refractivity contribution in [2.24, 2.45) is 5.92 Å². The van der Waals surface area contributed by atoms with E-state index in [2.05, 4.69) is 0 Å². The van der Waals surface area contributed by atoms with E-state index in [-0.39, 0.29) is 35.9 Å². The Hall–Kier alpha value is -2.18. The number of fused-ring (bicyclic) bond motifs is 4. The molecule has 3 saturated heterocycles. The highest BCUT2D eigenvalue weighted by atomic mass is 19.1. The molecule has 3 amide bonds. The Balaban J connectivity index is 1.72. The summed E-state index contributed by atoms with van der Waals surface area (Å²) in [6.45, 7) is 1.73. The summed E-state index contributed by atoms with van der Waals surface area (Å²) in [6.07, 6.45) is 1.74. The van der Waals surface area contributed by atoms with Crippen molar-refractivity contribution in [2.45, 2.75) is 25.3 Å². The minimum Gasteiger partial charge on any atom is -0.337 e. The van der Waals surface area contributed by atoms with Gasteiger partial charge in [0.05, 0.1) is 6.42 Å². The summed E-state index contributed by atoms with van der Waals surface area (Å²) < 4.78 is 26.9. The lowest BCUT2D eigenvalue weighted by atomic mass is 9.94. The second kappa shape index (κ2) is 6.98. The third kappa shape index (κ3) is 3.75. The van der Waals surface area contributed by atoms with Gasteiger partial charge in [0.15, 0.2) is 0 Å². The zero-order chi connectivity index (χ0) is 18.1. The molecule has 3 aliphatic rings. The Bertz CT molecular complexity index is 680. The van der Waals surface area contributed by atoms with E-state index in [1.54, 1.807) is 28.8 Å². The van der Waals surface area contributed by atoms with Crippen molar-refractivity contribution in [3.05, 3.63) is 35.4 Å². The SMILES string of the molecule is CN(C)C(=O)N1C[C@H]2CC[C@@H](C1)N(C(=O)Cc1ccc(F)cc1F)C2. The first kappa shape index (κ1) is 17.6. The molecule has 1 aromatic rings. The van der Waals surface area contributed by atoms with Crippen molar-refractivity contribution < 1.29 is 18.4 Å². The first-order chi connectivity index (χ1) is 11.8. The summed E-state index contributed by atoms with van der Waals surface area (Å²) in [5.41, 5.74) is 0.202. The molecule has 0 aromatic heterocycles. The standard InChI is InChI=1S/C18H23F2N3O2/c1-21(2)18(25)22-9-12-3-6-15(11-22)23(10-12)17(24)7-13-4-5-14(19)8-16(13)20/h4-5,8,12,15H,3,6-7,9-11H2,1-2H3/t12-,15+/m1/s1. The van der Waals surface area contributed by atoms with Crippen LogP contribution < -0.4 is 0 Å². The number of hydrogen-bond donors (Lipinski definition) is 0. The van der Waals surface area contributed by atoms with Gasteiger partial charge in [-0.1, -0.05) is 6.07 Å². The smallest absolute Gasteiger partial charge is 0.319 e. The van der Waals surface area contributed by atoms with Gasteiger partial charge in [-0.25, -0.2) is 13.6 Å². The Morgan fingerprint density at radius 3 is 2.60 bits per heavy atom. The number of halogens is 2. The van der Waals surface area contributed by atoms with E-state index < -0.39 is 11.6 Å². The lowest BCUT2D eigenvalue weighted by molar-refractivity contribution is -0.134. The fourth-order valence-electron chi connectivity index (χ4n) is 3.76. The van der Waals surface area contributed by atoms with Gasteiger partial charge in [0.1, 0.15) is 11.6 Å². The monoisotopic (exact) mass is 351 g/mol. The molecule has 4 rings (SSSR count). The fraction of sp³-hybridized carbons (Fsp3) is 0.556. The number of benzene rings is 1. The summed E-state index contributed by atoms with van der Waals surface area (Å²) in [6, 6.07) is 3.20. The lowest BCUT2D eigenvalue weighted by Crippen LogP contribution is -2.49. The second-order valence-corrected chi connectivity index (χ2v) is 7.14. The molecular weight excluding hydrogens is 328 g/mol. The Morgan fingerprint density at radius 2 is 1.92 bits per heavy atom. The quantitative estimate of drug-likeness (QED) is 0.819. The number of carbonyl (C=O) groups excluding carboxylic acids is 2. The van der Waals surface area contributed by atoms with Gasteiger partial charge in [-0.2, -0.15) is 0 Å². The minimum atomic E-state index is -0.697. The highest BCUT2D eigenvalue weighted by molar-refractivity contribution is 5.80. The van der Waals surface area contributed by atoms with Crippen molar-refractivity contribution in [2.75, 3.05) is 33.7 Å². The zero-order valence-electron chi connectivity index (χ0n) is 14.5. The summed E-state index contributed by atoms with van der Waals surface area (Å²) in [5.74, 6) is -1.28. The predicted molar refractivity (Wildman–Crippen MR) is 88.9 cm³/mol. The van der Waals surface area contributed by atoms with Crippen molar-refractivity contribution >= 4 is 11.9 Å². The number of urea groups is 1. The van der Waals surface area contributed by atoms with E-state index in [9.17, 15) is 18.4 Å². The van der Waals surface area contributed by atoms with Crippen LogP contribution in [0.25, 0.3) is 0 Å². The van der Waals surface area contributed by atoms with E-state index in [0.717, 1.165) is 25.0 Å². The summed E-state index contributed by atoms with van der Waals surface area (Å²) in [5, 5.41) is 0. The summed E-state index contributed by atoms with van der Waals surface area (Å²) >= 11 is 0. The molecular formula is C18H23F2N3O2. The van der Waals surface area contributed by atoms with Gasteiger partial charge in [-0.05, 0) is 30.4 Å². The van der Waals surface area contributed by atoms with Gasteiger partial charge in [-0.3, -0.25) is 4.79 Å². The Labute approximate surface area is 146 Å². The number of rotatable bonds is 2. The van der Waals surface area contributed by atoms with Crippen LogP contribution in [0.1, 0.15) is 18.4 Å². The van der Waals surface area contributed by atoms with Crippen LogP contribution in [0.3, 0.4) is 0 Å². The van der Waals surface area contributed by atoms with Crippen LogP contribution in [0.4, 0.5) is 13.6 Å². The molecule has 3 heterocycles. The molecule has 25 heavy (non-hydrogen) atoms. The highest BCUT2D eigenvalue weighted by Gasteiger charge is 2.38.